The molecule has 2 atom stereocenters. The highest BCUT2D eigenvalue weighted by atomic mass is 16.7. The molecule has 1 heterocycles. The highest BCUT2D eigenvalue weighted by Crippen LogP contribution is 2.20. The minimum Gasteiger partial charge on any atom is -0.394 e. The van der Waals surface area contributed by atoms with Crippen LogP contribution in [0.5, 0.6) is 0 Å². The van der Waals surface area contributed by atoms with Crippen LogP contribution in [0.4, 0.5) is 0 Å². The molecular weight excluding hydrogens is 132 g/mol. The lowest BCUT2D eigenvalue weighted by atomic mass is 10.1. The summed E-state index contributed by atoms with van der Waals surface area (Å²) < 4.78 is 10.4. The summed E-state index contributed by atoms with van der Waals surface area (Å²) >= 11 is 0. The van der Waals surface area contributed by atoms with E-state index in [2.05, 4.69) is 6.92 Å². The van der Waals surface area contributed by atoms with Gasteiger partial charge < -0.3 is 14.6 Å². The highest BCUT2D eigenvalue weighted by Gasteiger charge is 2.24. The maximum absolute atomic E-state index is 8.43. The molecule has 1 aliphatic rings. The summed E-state index contributed by atoms with van der Waals surface area (Å²) in [7, 11) is 0. The van der Waals surface area contributed by atoms with E-state index in [0.717, 1.165) is 13.0 Å². The van der Waals surface area contributed by atoms with Crippen LogP contribution in [0.25, 0.3) is 0 Å². The van der Waals surface area contributed by atoms with Crippen molar-refractivity contribution >= 4 is 0 Å². The largest absolute Gasteiger partial charge is 0.394 e. The van der Waals surface area contributed by atoms with Gasteiger partial charge in [0, 0.05) is 5.92 Å². The Bertz CT molecular complexity index is 94.9. The quantitative estimate of drug-likeness (QED) is 0.625. The predicted molar refractivity (Wildman–Crippen MR) is 36.6 cm³/mol. The lowest BCUT2D eigenvalue weighted by Gasteiger charge is -2.13. The van der Waals surface area contributed by atoms with E-state index in [1.165, 1.54) is 0 Å². The number of aliphatic hydroxyl groups excluding tert-OH is 1. The average molecular weight is 146 g/mol. The summed E-state index contributed by atoms with van der Waals surface area (Å²) in [5.74, 6) is 0.478. The third kappa shape index (κ3) is 1.94. The minimum absolute atomic E-state index is 0.0760. The zero-order valence-electron chi connectivity index (χ0n) is 6.25. The first-order chi connectivity index (χ1) is 4.84. The second kappa shape index (κ2) is 3.91. The molecule has 1 N–H and O–H groups in total. The van der Waals surface area contributed by atoms with Gasteiger partial charge in [-0.05, 0) is 6.42 Å². The molecule has 2 unspecified atom stereocenters. The van der Waals surface area contributed by atoms with E-state index in [4.69, 9.17) is 14.6 Å². The average Bonchev–Trinajstić information content (AvgIpc) is 2.31. The van der Waals surface area contributed by atoms with E-state index in [9.17, 15) is 0 Å². The minimum atomic E-state index is -0.0767. The fourth-order valence-corrected chi connectivity index (χ4v) is 1.05. The smallest absolute Gasteiger partial charge is 0.160 e. The van der Waals surface area contributed by atoms with E-state index >= 15 is 0 Å². The SMILES string of the molecule is CC1CCOC1OCCO. The molecule has 0 aromatic carbocycles. The summed E-state index contributed by atoms with van der Waals surface area (Å²) in [6.07, 6.45) is 0.989. The van der Waals surface area contributed by atoms with Gasteiger partial charge in [0.1, 0.15) is 0 Å². The van der Waals surface area contributed by atoms with E-state index in [-0.39, 0.29) is 12.9 Å². The van der Waals surface area contributed by atoms with Crippen LogP contribution in [0.15, 0.2) is 0 Å². The van der Waals surface area contributed by atoms with Crippen molar-refractivity contribution in [1.29, 1.82) is 0 Å². The van der Waals surface area contributed by atoms with Crippen LogP contribution in [0.2, 0.25) is 0 Å². The summed E-state index contributed by atoms with van der Waals surface area (Å²) in [5, 5.41) is 8.43. The molecule has 0 bridgehead atoms. The molecule has 3 heteroatoms. The maximum atomic E-state index is 8.43. The van der Waals surface area contributed by atoms with Crippen LogP contribution in [-0.4, -0.2) is 31.2 Å². The fraction of sp³-hybridized carbons (Fsp3) is 1.00. The first-order valence-corrected chi connectivity index (χ1v) is 3.68. The standard InChI is InChI=1S/C7H14O3/c1-6-2-4-9-7(6)10-5-3-8/h6-8H,2-5H2,1H3. The van der Waals surface area contributed by atoms with Crippen molar-refractivity contribution in [3.63, 3.8) is 0 Å². The Kier molecular flexibility index (Phi) is 3.12. The van der Waals surface area contributed by atoms with Gasteiger partial charge in [-0.3, -0.25) is 0 Å². The lowest BCUT2D eigenvalue weighted by molar-refractivity contribution is -0.134. The van der Waals surface area contributed by atoms with Crippen molar-refractivity contribution in [1.82, 2.24) is 0 Å². The number of rotatable bonds is 3. The van der Waals surface area contributed by atoms with Crippen molar-refractivity contribution in [2.24, 2.45) is 5.92 Å². The zero-order chi connectivity index (χ0) is 7.40. The number of hydrogen-bond donors (Lipinski definition) is 1. The topological polar surface area (TPSA) is 38.7 Å². The molecule has 1 saturated heterocycles. The second-order valence-corrected chi connectivity index (χ2v) is 2.60. The van der Waals surface area contributed by atoms with Crippen molar-refractivity contribution in [3.05, 3.63) is 0 Å². The van der Waals surface area contributed by atoms with Gasteiger partial charge in [0.2, 0.25) is 0 Å². The lowest BCUT2D eigenvalue weighted by Crippen LogP contribution is -2.19. The Morgan fingerprint density at radius 2 is 2.50 bits per heavy atom. The van der Waals surface area contributed by atoms with Crippen LogP contribution in [0.1, 0.15) is 13.3 Å². The van der Waals surface area contributed by atoms with Gasteiger partial charge in [0.25, 0.3) is 0 Å². The second-order valence-electron chi connectivity index (χ2n) is 2.60. The van der Waals surface area contributed by atoms with Gasteiger partial charge in [0.05, 0.1) is 19.8 Å². The van der Waals surface area contributed by atoms with Crippen molar-refractivity contribution < 1.29 is 14.6 Å². The first-order valence-electron chi connectivity index (χ1n) is 3.68. The monoisotopic (exact) mass is 146 g/mol. The van der Waals surface area contributed by atoms with Crippen LogP contribution in [-0.2, 0) is 9.47 Å². The Balaban J connectivity index is 2.14. The van der Waals surface area contributed by atoms with Crippen molar-refractivity contribution in [3.8, 4) is 0 Å². The Morgan fingerprint density at radius 1 is 1.70 bits per heavy atom. The molecule has 0 amide bonds. The van der Waals surface area contributed by atoms with E-state index in [1.54, 1.807) is 0 Å². The summed E-state index contributed by atoms with van der Waals surface area (Å²) in [6.45, 7) is 3.34. The molecule has 1 fully saturated rings. The summed E-state index contributed by atoms with van der Waals surface area (Å²) in [6, 6.07) is 0. The molecule has 0 spiro atoms. The number of hydrogen-bond acceptors (Lipinski definition) is 3. The number of ether oxygens (including phenoxy) is 2. The zero-order valence-corrected chi connectivity index (χ0v) is 6.25. The van der Waals surface area contributed by atoms with Gasteiger partial charge >= 0.3 is 0 Å². The molecule has 0 aromatic heterocycles. The molecule has 3 nitrogen and oxygen atoms in total. The molecule has 0 aromatic rings. The van der Waals surface area contributed by atoms with Gasteiger partial charge in [-0.2, -0.15) is 0 Å². The summed E-state index contributed by atoms with van der Waals surface area (Å²) in [5.41, 5.74) is 0. The highest BCUT2D eigenvalue weighted by molar-refractivity contribution is 4.63. The summed E-state index contributed by atoms with van der Waals surface area (Å²) in [4.78, 5) is 0. The third-order valence-electron chi connectivity index (χ3n) is 1.69. The Hall–Kier alpha value is -0.120. The maximum Gasteiger partial charge on any atom is 0.160 e. The van der Waals surface area contributed by atoms with Gasteiger partial charge in [-0.15, -0.1) is 0 Å². The normalized spacial score (nSPS) is 33.0. The fourth-order valence-electron chi connectivity index (χ4n) is 1.05. The van der Waals surface area contributed by atoms with Gasteiger partial charge in [-0.25, -0.2) is 0 Å². The predicted octanol–water partition coefficient (Wildman–Crippen LogP) is 0.378. The molecule has 1 aliphatic heterocycles. The van der Waals surface area contributed by atoms with Crippen molar-refractivity contribution in [2.45, 2.75) is 19.6 Å². The Labute approximate surface area is 60.9 Å². The first kappa shape index (κ1) is 7.98. The van der Waals surface area contributed by atoms with E-state index < -0.39 is 0 Å². The van der Waals surface area contributed by atoms with E-state index in [1.807, 2.05) is 0 Å². The van der Waals surface area contributed by atoms with Crippen LogP contribution in [0, 0.1) is 5.92 Å². The molecule has 0 radical (unpaired) electrons. The molecule has 0 aliphatic carbocycles. The molecule has 10 heavy (non-hydrogen) atoms. The van der Waals surface area contributed by atoms with Gasteiger partial charge in [0.15, 0.2) is 6.29 Å². The van der Waals surface area contributed by atoms with Crippen LogP contribution >= 0.6 is 0 Å². The van der Waals surface area contributed by atoms with E-state index in [0.29, 0.717) is 12.5 Å². The molecule has 0 saturated carbocycles. The molecule has 60 valence electrons. The Morgan fingerprint density at radius 3 is 3.00 bits per heavy atom. The third-order valence-corrected chi connectivity index (χ3v) is 1.69. The van der Waals surface area contributed by atoms with Crippen LogP contribution < -0.4 is 0 Å². The van der Waals surface area contributed by atoms with Crippen LogP contribution in [0.3, 0.4) is 0 Å². The molecular formula is C7H14O3. The number of aliphatic hydroxyl groups is 1. The molecule has 1 rings (SSSR count). The van der Waals surface area contributed by atoms with Crippen molar-refractivity contribution in [2.75, 3.05) is 19.8 Å². The van der Waals surface area contributed by atoms with Gasteiger partial charge in [-0.1, -0.05) is 6.92 Å².